The Morgan fingerprint density at radius 3 is 2.81 bits per heavy atom. The van der Waals surface area contributed by atoms with E-state index in [1.807, 2.05) is 29.6 Å². The van der Waals surface area contributed by atoms with Gasteiger partial charge in [-0.25, -0.2) is 4.98 Å². The monoisotopic (exact) mass is 228 g/mol. The molecule has 0 aliphatic carbocycles. The number of H-pyrrole nitrogens is 1. The van der Waals surface area contributed by atoms with E-state index in [0.717, 1.165) is 22.1 Å². The van der Waals surface area contributed by atoms with E-state index >= 15 is 0 Å². The lowest BCUT2D eigenvalue weighted by atomic mass is 10.3. The standard InChI is InChI=1S/C11H8N4S/c1-2-5-12-9(3-1)11-14-10(7-16-11)8-4-6-13-15-8/h1-7H,(H,13,15). The lowest BCUT2D eigenvalue weighted by Crippen LogP contribution is -1.82. The van der Waals surface area contributed by atoms with Crippen LogP contribution in [0, 0.1) is 0 Å². The van der Waals surface area contributed by atoms with Crippen molar-refractivity contribution in [3.8, 4) is 22.1 Å². The molecule has 0 radical (unpaired) electrons. The second-order valence-corrected chi connectivity index (χ2v) is 4.08. The molecular formula is C11H8N4S. The molecule has 3 heterocycles. The molecule has 0 fully saturated rings. The molecule has 4 nitrogen and oxygen atoms in total. The Kier molecular flexibility index (Phi) is 2.23. The van der Waals surface area contributed by atoms with Crippen molar-refractivity contribution < 1.29 is 0 Å². The molecule has 0 spiro atoms. The molecule has 16 heavy (non-hydrogen) atoms. The molecule has 0 amide bonds. The summed E-state index contributed by atoms with van der Waals surface area (Å²) in [5, 5.41) is 9.72. The first-order valence-corrected chi connectivity index (χ1v) is 5.68. The number of aromatic nitrogens is 4. The molecule has 0 aliphatic heterocycles. The van der Waals surface area contributed by atoms with Crippen LogP contribution >= 0.6 is 11.3 Å². The number of rotatable bonds is 2. The summed E-state index contributed by atoms with van der Waals surface area (Å²) in [4.78, 5) is 8.77. The van der Waals surface area contributed by atoms with Crippen LogP contribution in [0.15, 0.2) is 42.0 Å². The fourth-order valence-corrected chi connectivity index (χ4v) is 2.20. The molecule has 0 aliphatic rings. The highest BCUT2D eigenvalue weighted by Gasteiger charge is 2.07. The summed E-state index contributed by atoms with van der Waals surface area (Å²) in [5.74, 6) is 0. The van der Waals surface area contributed by atoms with Gasteiger partial charge in [0.25, 0.3) is 0 Å². The Morgan fingerprint density at radius 2 is 2.06 bits per heavy atom. The lowest BCUT2D eigenvalue weighted by molar-refractivity contribution is 1.09. The van der Waals surface area contributed by atoms with Gasteiger partial charge in [-0.3, -0.25) is 10.1 Å². The zero-order valence-electron chi connectivity index (χ0n) is 8.29. The van der Waals surface area contributed by atoms with Gasteiger partial charge in [-0.1, -0.05) is 6.07 Å². The Hall–Kier alpha value is -2.01. The smallest absolute Gasteiger partial charge is 0.142 e. The number of thiazole rings is 1. The first-order valence-electron chi connectivity index (χ1n) is 4.80. The summed E-state index contributed by atoms with van der Waals surface area (Å²) in [6, 6.07) is 7.71. The highest BCUT2D eigenvalue weighted by molar-refractivity contribution is 7.13. The quantitative estimate of drug-likeness (QED) is 0.733. The number of pyridine rings is 1. The largest absolute Gasteiger partial charge is 0.276 e. The zero-order chi connectivity index (χ0) is 10.8. The number of hydrogen-bond donors (Lipinski definition) is 1. The van der Waals surface area contributed by atoms with Crippen LogP contribution in [0.5, 0.6) is 0 Å². The van der Waals surface area contributed by atoms with Crippen LogP contribution in [-0.2, 0) is 0 Å². The van der Waals surface area contributed by atoms with Gasteiger partial charge in [-0.05, 0) is 18.2 Å². The third-order valence-corrected chi connectivity index (χ3v) is 3.03. The Bertz CT molecular complexity index is 571. The normalized spacial score (nSPS) is 10.5. The summed E-state index contributed by atoms with van der Waals surface area (Å²) < 4.78 is 0. The number of hydrogen-bond acceptors (Lipinski definition) is 4. The topological polar surface area (TPSA) is 54.5 Å². The molecule has 0 unspecified atom stereocenters. The predicted octanol–water partition coefficient (Wildman–Crippen LogP) is 2.60. The molecule has 1 N–H and O–H groups in total. The van der Waals surface area contributed by atoms with Crippen LogP contribution in [0.4, 0.5) is 0 Å². The third-order valence-electron chi connectivity index (χ3n) is 2.16. The fraction of sp³-hybridized carbons (Fsp3) is 0. The van der Waals surface area contributed by atoms with Crippen LogP contribution in [0.1, 0.15) is 0 Å². The first-order chi connectivity index (χ1) is 7.93. The molecular weight excluding hydrogens is 220 g/mol. The Balaban J connectivity index is 2.00. The number of aromatic amines is 1. The van der Waals surface area contributed by atoms with Gasteiger partial charge in [0.1, 0.15) is 5.01 Å². The van der Waals surface area contributed by atoms with Crippen LogP contribution in [0.25, 0.3) is 22.1 Å². The van der Waals surface area contributed by atoms with Crippen molar-refractivity contribution in [1.82, 2.24) is 20.2 Å². The molecule has 78 valence electrons. The van der Waals surface area contributed by atoms with Gasteiger partial charge in [0.15, 0.2) is 0 Å². The SMILES string of the molecule is c1ccc(-c2nc(-c3ccn[nH]3)cs2)nc1. The molecule has 0 saturated carbocycles. The average Bonchev–Trinajstić information content (AvgIpc) is 3.01. The van der Waals surface area contributed by atoms with Gasteiger partial charge in [-0.2, -0.15) is 5.10 Å². The summed E-state index contributed by atoms with van der Waals surface area (Å²) in [7, 11) is 0. The van der Waals surface area contributed by atoms with E-state index in [1.54, 1.807) is 23.7 Å². The molecule has 5 heteroatoms. The van der Waals surface area contributed by atoms with E-state index in [1.165, 1.54) is 0 Å². The van der Waals surface area contributed by atoms with E-state index in [0.29, 0.717) is 0 Å². The third kappa shape index (κ3) is 1.61. The minimum absolute atomic E-state index is 0.901. The van der Waals surface area contributed by atoms with Crippen molar-refractivity contribution in [2.24, 2.45) is 0 Å². The molecule has 3 aromatic heterocycles. The van der Waals surface area contributed by atoms with Crippen LogP contribution < -0.4 is 0 Å². The molecule has 0 atom stereocenters. The van der Waals surface area contributed by atoms with Gasteiger partial charge in [0.05, 0.1) is 17.1 Å². The maximum atomic E-state index is 4.51. The number of nitrogens with one attached hydrogen (secondary N) is 1. The van der Waals surface area contributed by atoms with Crippen LogP contribution in [0.2, 0.25) is 0 Å². The van der Waals surface area contributed by atoms with Crippen LogP contribution in [-0.4, -0.2) is 20.2 Å². The van der Waals surface area contributed by atoms with E-state index in [2.05, 4.69) is 20.2 Å². The van der Waals surface area contributed by atoms with Crippen molar-refractivity contribution in [3.05, 3.63) is 42.0 Å². The number of nitrogens with zero attached hydrogens (tertiary/aromatic N) is 3. The van der Waals surface area contributed by atoms with Crippen molar-refractivity contribution >= 4 is 11.3 Å². The Morgan fingerprint density at radius 1 is 1.06 bits per heavy atom. The van der Waals surface area contributed by atoms with Crippen molar-refractivity contribution in [2.75, 3.05) is 0 Å². The second-order valence-electron chi connectivity index (χ2n) is 3.22. The van der Waals surface area contributed by atoms with Crippen molar-refractivity contribution in [1.29, 1.82) is 0 Å². The first kappa shape index (κ1) is 9.23. The molecule has 0 saturated heterocycles. The highest BCUT2D eigenvalue weighted by atomic mass is 32.1. The van der Waals surface area contributed by atoms with E-state index in [4.69, 9.17) is 0 Å². The second kappa shape index (κ2) is 3.86. The van der Waals surface area contributed by atoms with Gasteiger partial charge in [0.2, 0.25) is 0 Å². The minimum atomic E-state index is 0.901. The van der Waals surface area contributed by atoms with Gasteiger partial charge in [-0.15, -0.1) is 11.3 Å². The maximum Gasteiger partial charge on any atom is 0.142 e. The lowest BCUT2D eigenvalue weighted by Gasteiger charge is -1.92. The highest BCUT2D eigenvalue weighted by Crippen LogP contribution is 2.26. The molecule has 0 bridgehead atoms. The maximum absolute atomic E-state index is 4.51. The minimum Gasteiger partial charge on any atom is -0.276 e. The van der Waals surface area contributed by atoms with E-state index in [9.17, 15) is 0 Å². The van der Waals surface area contributed by atoms with Gasteiger partial charge in [0, 0.05) is 17.8 Å². The average molecular weight is 228 g/mol. The predicted molar refractivity (Wildman–Crippen MR) is 62.9 cm³/mol. The molecule has 3 aromatic rings. The van der Waals surface area contributed by atoms with E-state index in [-0.39, 0.29) is 0 Å². The molecule has 3 rings (SSSR count). The van der Waals surface area contributed by atoms with Crippen molar-refractivity contribution in [3.63, 3.8) is 0 Å². The molecule has 0 aromatic carbocycles. The summed E-state index contributed by atoms with van der Waals surface area (Å²) in [6.07, 6.45) is 3.49. The summed E-state index contributed by atoms with van der Waals surface area (Å²) in [5.41, 5.74) is 2.74. The van der Waals surface area contributed by atoms with E-state index < -0.39 is 0 Å². The van der Waals surface area contributed by atoms with Gasteiger partial charge >= 0.3 is 0 Å². The Labute approximate surface area is 96.0 Å². The summed E-state index contributed by atoms with van der Waals surface area (Å²) in [6.45, 7) is 0. The summed E-state index contributed by atoms with van der Waals surface area (Å²) >= 11 is 1.58. The zero-order valence-corrected chi connectivity index (χ0v) is 9.11. The van der Waals surface area contributed by atoms with Gasteiger partial charge < -0.3 is 0 Å². The van der Waals surface area contributed by atoms with Crippen molar-refractivity contribution in [2.45, 2.75) is 0 Å². The fourth-order valence-electron chi connectivity index (χ4n) is 1.40. The van der Waals surface area contributed by atoms with Crippen LogP contribution in [0.3, 0.4) is 0 Å².